The molecular weight excluding hydrogens is 312 g/mol. The Morgan fingerprint density at radius 1 is 1.09 bits per heavy atom. The number of nitrogens with zero attached hydrogens (tertiary/aromatic N) is 4. The van der Waals surface area contributed by atoms with E-state index in [4.69, 9.17) is 16.1 Å². The third-order valence-corrected chi connectivity index (χ3v) is 3.99. The monoisotopic (exact) mass is 324 g/mol. The van der Waals surface area contributed by atoms with Gasteiger partial charge in [0.1, 0.15) is 0 Å². The van der Waals surface area contributed by atoms with Crippen LogP contribution in [0.3, 0.4) is 0 Å². The topological polar surface area (TPSA) is 56.7 Å². The Labute approximate surface area is 137 Å². The van der Waals surface area contributed by atoms with Gasteiger partial charge in [0.25, 0.3) is 5.89 Å². The number of halogens is 1. The van der Waals surface area contributed by atoms with Gasteiger partial charge in [0.15, 0.2) is 0 Å². The third kappa shape index (κ3) is 2.49. The second-order valence-electron chi connectivity index (χ2n) is 5.16. The quantitative estimate of drug-likeness (QED) is 0.559. The van der Waals surface area contributed by atoms with E-state index in [9.17, 15) is 0 Å². The van der Waals surface area contributed by atoms with Crippen molar-refractivity contribution in [3.8, 4) is 22.8 Å². The van der Waals surface area contributed by atoms with Gasteiger partial charge in [-0.15, -0.1) is 0 Å². The summed E-state index contributed by atoms with van der Waals surface area (Å²) in [6.07, 6.45) is 1.84. The fourth-order valence-electron chi connectivity index (χ4n) is 2.51. The molecule has 0 amide bonds. The van der Waals surface area contributed by atoms with Gasteiger partial charge >= 0.3 is 0 Å². The van der Waals surface area contributed by atoms with Crippen LogP contribution in [0.5, 0.6) is 0 Å². The molecule has 5 nitrogen and oxygen atoms in total. The highest BCUT2D eigenvalue weighted by Crippen LogP contribution is 2.25. The molecule has 0 bridgehead atoms. The SMILES string of the molecule is CCn1cnc2cc(-c3noc(-c4ccc(Cl)cc4)n3)ccc21. The third-order valence-electron chi connectivity index (χ3n) is 3.74. The highest BCUT2D eigenvalue weighted by atomic mass is 35.5. The van der Waals surface area contributed by atoms with Gasteiger partial charge in [-0.2, -0.15) is 4.98 Å². The first-order valence-electron chi connectivity index (χ1n) is 7.29. The average Bonchev–Trinajstić information content (AvgIpc) is 3.21. The summed E-state index contributed by atoms with van der Waals surface area (Å²) in [6, 6.07) is 13.3. The number of fused-ring (bicyclic) bond motifs is 1. The molecule has 0 saturated heterocycles. The Balaban J connectivity index is 1.72. The summed E-state index contributed by atoms with van der Waals surface area (Å²) in [5.41, 5.74) is 3.73. The molecule has 0 fully saturated rings. The predicted octanol–water partition coefficient (Wildman–Crippen LogP) is 4.43. The van der Waals surface area contributed by atoms with Crippen molar-refractivity contribution >= 4 is 22.6 Å². The second kappa shape index (κ2) is 5.52. The van der Waals surface area contributed by atoms with Crippen molar-refractivity contribution in [3.63, 3.8) is 0 Å². The zero-order valence-corrected chi connectivity index (χ0v) is 13.2. The molecule has 0 aliphatic heterocycles. The minimum Gasteiger partial charge on any atom is -0.334 e. The minimum atomic E-state index is 0.468. The molecule has 0 aliphatic carbocycles. The Hall–Kier alpha value is -2.66. The molecule has 0 spiro atoms. The van der Waals surface area contributed by atoms with Crippen molar-refractivity contribution in [2.24, 2.45) is 0 Å². The Kier molecular flexibility index (Phi) is 3.35. The summed E-state index contributed by atoms with van der Waals surface area (Å²) < 4.78 is 7.45. The maximum absolute atomic E-state index is 5.89. The summed E-state index contributed by atoms with van der Waals surface area (Å²) in [7, 11) is 0. The Morgan fingerprint density at radius 3 is 2.65 bits per heavy atom. The average molecular weight is 325 g/mol. The van der Waals surface area contributed by atoms with E-state index in [1.54, 1.807) is 12.1 Å². The first-order chi connectivity index (χ1) is 11.2. The van der Waals surface area contributed by atoms with E-state index in [1.807, 2.05) is 36.7 Å². The highest BCUT2D eigenvalue weighted by molar-refractivity contribution is 6.30. The molecule has 2 heterocycles. The molecular formula is C17H13ClN4O. The fourth-order valence-corrected chi connectivity index (χ4v) is 2.63. The van der Waals surface area contributed by atoms with Crippen LogP contribution >= 0.6 is 11.6 Å². The van der Waals surface area contributed by atoms with Crippen LogP contribution in [0, 0.1) is 0 Å². The molecule has 0 aliphatic rings. The lowest BCUT2D eigenvalue weighted by Gasteiger charge is -1.99. The smallest absolute Gasteiger partial charge is 0.258 e. The number of aryl methyl sites for hydroxylation is 1. The van der Waals surface area contributed by atoms with Crippen LogP contribution in [-0.2, 0) is 6.54 Å². The predicted molar refractivity (Wildman–Crippen MR) is 89.1 cm³/mol. The van der Waals surface area contributed by atoms with Gasteiger partial charge in [-0.25, -0.2) is 4.98 Å². The molecule has 0 atom stereocenters. The van der Waals surface area contributed by atoms with E-state index in [-0.39, 0.29) is 0 Å². The lowest BCUT2D eigenvalue weighted by atomic mass is 10.2. The first kappa shape index (κ1) is 14.0. The van der Waals surface area contributed by atoms with E-state index < -0.39 is 0 Å². The summed E-state index contributed by atoms with van der Waals surface area (Å²) in [4.78, 5) is 8.87. The Bertz CT molecular complexity index is 972. The minimum absolute atomic E-state index is 0.468. The van der Waals surface area contributed by atoms with Crippen LogP contribution in [0.2, 0.25) is 5.02 Å². The van der Waals surface area contributed by atoms with Gasteiger partial charge in [-0.05, 0) is 49.4 Å². The van der Waals surface area contributed by atoms with Crippen LogP contribution in [0.1, 0.15) is 6.92 Å². The van der Waals surface area contributed by atoms with Gasteiger partial charge in [-0.1, -0.05) is 16.8 Å². The van der Waals surface area contributed by atoms with Crippen molar-refractivity contribution < 1.29 is 4.52 Å². The molecule has 4 rings (SSSR count). The van der Waals surface area contributed by atoms with E-state index in [2.05, 4.69) is 26.6 Å². The van der Waals surface area contributed by atoms with Gasteiger partial charge < -0.3 is 9.09 Å². The van der Waals surface area contributed by atoms with Crippen LogP contribution in [0.25, 0.3) is 33.9 Å². The highest BCUT2D eigenvalue weighted by Gasteiger charge is 2.12. The number of hydrogen-bond donors (Lipinski definition) is 0. The number of imidazole rings is 1. The first-order valence-corrected chi connectivity index (χ1v) is 7.67. The van der Waals surface area contributed by atoms with Crippen molar-refractivity contribution in [3.05, 3.63) is 53.8 Å². The molecule has 4 aromatic rings. The van der Waals surface area contributed by atoms with Gasteiger partial charge in [0, 0.05) is 22.7 Å². The van der Waals surface area contributed by atoms with Gasteiger partial charge in [0.2, 0.25) is 5.82 Å². The number of benzene rings is 2. The summed E-state index contributed by atoms with van der Waals surface area (Å²) in [5, 5.41) is 4.74. The zero-order chi connectivity index (χ0) is 15.8. The lowest BCUT2D eigenvalue weighted by molar-refractivity contribution is 0.432. The molecule has 0 saturated carbocycles. The summed E-state index contributed by atoms with van der Waals surface area (Å²) >= 11 is 5.89. The lowest BCUT2D eigenvalue weighted by Crippen LogP contribution is -1.90. The van der Waals surface area contributed by atoms with E-state index in [1.165, 1.54) is 0 Å². The summed E-state index contributed by atoms with van der Waals surface area (Å²) in [6.45, 7) is 2.98. The van der Waals surface area contributed by atoms with Crippen LogP contribution in [0.4, 0.5) is 0 Å². The van der Waals surface area contributed by atoms with Gasteiger partial charge in [-0.3, -0.25) is 0 Å². The zero-order valence-electron chi connectivity index (χ0n) is 12.4. The molecule has 23 heavy (non-hydrogen) atoms. The normalized spacial score (nSPS) is 11.2. The van der Waals surface area contributed by atoms with Crippen molar-refractivity contribution in [1.29, 1.82) is 0 Å². The van der Waals surface area contributed by atoms with Crippen LogP contribution in [0.15, 0.2) is 53.3 Å². The number of hydrogen-bond acceptors (Lipinski definition) is 4. The maximum Gasteiger partial charge on any atom is 0.258 e. The van der Waals surface area contributed by atoms with E-state index in [0.29, 0.717) is 16.7 Å². The molecule has 0 unspecified atom stereocenters. The molecule has 6 heteroatoms. The molecule has 2 aromatic carbocycles. The number of aromatic nitrogens is 4. The maximum atomic E-state index is 5.89. The molecule has 0 N–H and O–H groups in total. The standard InChI is InChI=1S/C17H13ClN4O/c1-2-22-10-19-14-9-12(5-8-15(14)22)16-20-17(23-21-16)11-3-6-13(18)7-4-11/h3-10H,2H2,1H3. The Morgan fingerprint density at radius 2 is 1.87 bits per heavy atom. The number of rotatable bonds is 3. The molecule has 0 radical (unpaired) electrons. The van der Waals surface area contributed by atoms with Crippen molar-refractivity contribution in [2.45, 2.75) is 13.5 Å². The van der Waals surface area contributed by atoms with E-state index >= 15 is 0 Å². The van der Waals surface area contributed by atoms with Crippen molar-refractivity contribution in [2.75, 3.05) is 0 Å². The van der Waals surface area contributed by atoms with Crippen LogP contribution < -0.4 is 0 Å². The largest absolute Gasteiger partial charge is 0.334 e. The summed E-state index contributed by atoms with van der Waals surface area (Å²) in [5.74, 6) is 1.01. The molecule has 114 valence electrons. The fraction of sp³-hybridized carbons (Fsp3) is 0.118. The van der Waals surface area contributed by atoms with Gasteiger partial charge in [0.05, 0.1) is 17.4 Å². The van der Waals surface area contributed by atoms with Crippen LogP contribution in [-0.4, -0.2) is 19.7 Å². The second-order valence-corrected chi connectivity index (χ2v) is 5.60. The van der Waals surface area contributed by atoms with Crippen molar-refractivity contribution in [1.82, 2.24) is 19.7 Å². The molecule has 2 aromatic heterocycles. The van der Waals surface area contributed by atoms with E-state index in [0.717, 1.165) is 28.7 Å².